The maximum absolute atomic E-state index is 12.8. The highest BCUT2D eigenvalue weighted by Crippen LogP contribution is 2.16. The summed E-state index contributed by atoms with van der Waals surface area (Å²) >= 11 is 0. The Morgan fingerprint density at radius 3 is 2.23 bits per heavy atom. The predicted octanol–water partition coefficient (Wildman–Crippen LogP) is -0.222. The molecule has 0 aliphatic rings. The molecule has 2 N–H and O–H groups in total. The summed E-state index contributed by atoms with van der Waals surface area (Å²) in [6.07, 6.45) is 0. The summed E-state index contributed by atoms with van der Waals surface area (Å²) in [5.41, 5.74) is -0.957. The predicted molar refractivity (Wildman–Crippen MR) is 94.5 cm³/mol. The molecule has 8 nitrogen and oxygen atoms in total. The third kappa shape index (κ3) is 3.68. The van der Waals surface area contributed by atoms with E-state index in [0.717, 1.165) is 4.57 Å². The SMILES string of the molecule is CC(C)[C@H](NC(=O)[C@H](C(C)C)n1c(=O)[nH]c2ccccc2c1=O)C(=O)[O-]. The lowest BCUT2D eigenvalue weighted by Crippen LogP contribution is -2.55. The summed E-state index contributed by atoms with van der Waals surface area (Å²) in [6, 6.07) is 4.11. The number of rotatable bonds is 6. The molecule has 2 atom stereocenters. The first-order valence-electron chi connectivity index (χ1n) is 8.40. The molecular formula is C18H22N3O5-. The number of carbonyl (C=O) groups excluding carboxylic acids is 2. The summed E-state index contributed by atoms with van der Waals surface area (Å²) < 4.78 is 0.842. The molecule has 1 aromatic heterocycles. The summed E-state index contributed by atoms with van der Waals surface area (Å²) in [5.74, 6) is -2.98. The van der Waals surface area contributed by atoms with Crippen LogP contribution in [0.2, 0.25) is 0 Å². The van der Waals surface area contributed by atoms with Crippen LogP contribution < -0.4 is 21.7 Å². The van der Waals surface area contributed by atoms with Gasteiger partial charge in [0.05, 0.1) is 22.9 Å². The van der Waals surface area contributed by atoms with Gasteiger partial charge >= 0.3 is 5.69 Å². The summed E-state index contributed by atoms with van der Waals surface area (Å²) in [4.78, 5) is 51.8. The van der Waals surface area contributed by atoms with Gasteiger partial charge in [-0.2, -0.15) is 0 Å². The van der Waals surface area contributed by atoms with Gasteiger partial charge in [-0.15, -0.1) is 0 Å². The van der Waals surface area contributed by atoms with Gasteiger partial charge in [-0.1, -0.05) is 39.8 Å². The van der Waals surface area contributed by atoms with Crippen LogP contribution in [0, 0.1) is 11.8 Å². The van der Waals surface area contributed by atoms with Crippen molar-refractivity contribution in [2.75, 3.05) is 0 Å². The van der Waals surface area contributed by atoms with E-state index in [1.165, 1.54) is 0 Å². The number of H-pyrrole nitrogens is 1. The van der Waals surface area contributed by atoms with Gasteiger partial charge < -0.3 is 20.2 Å². The fourth-order valence-electron chi connectivity index (χ4n) is 2.88. The highest BCUT2D eigenvalue weighted by atomic mass is 16.4. The van der Waals surface area contributed by atoms with E-state index in [2.05, 4.69) is 10.3 Å². The number of aromatic amines is 1. The van der Waals surface area contributed by atoms with E-state index in [0.29, 0.717) is 5.52 Å². The fourth-order valence-corrected chi connectivity index (χ4v) is 2.88. The van der Waals surface area contributed by atoms with E-state index in [1.807, 2.05) is 0 Å². The van der Waals surface area contributed by atoms with Crippen LogP contribution in [0.25, 0.3) is 10.9 Å². The third-order valence-electron chi connectivity index (χ3n) is 4.23. The van der Waals surface area contributed by atoms with Gasteiger partial charge in [-0.25, -0.2) is 9.36 Å². The van der Waals surface area contributed by atoms with Gasteiger partial charge in [0.1, 0.15) is 6.04 Å². The zero-order chi connectivity index (χ0) is 19.6. The van der Waals surface area contributed by atoms with E-state index in [4.69, 9.17) is 0 Å². The first-order chi connectivity index (χ1) is 12.1. The normalized spacial score (nSPS) is 13.8. The molecule has 0 radical (unpaired) electrons. The van der Waals surface area contributed by atoms with Crippen molar-refractivity contribution in [1.82, 2.24) is 14.9 Å². The highest BCUT2D eigenvalue weighted by molar-refractivity contribution is 5.86. The van der Waals surface area contributed by atoms with Crippen molar-refractivity contribution in [3.05, 3.63) is 45.1 Å². The Bertz CT molecular complexity index is 942. The highest BCUT2D eigenvalue weighted by Gasteiger charge is 2.30. The zero-order valence-electron chi connectivity index (χ0n) is 15.1. The maximum atomic E-state index is 12.8. The average molecular weight is 360 g/mol. The molecule has 8 heteroatoms. The molecule has 2 rings (SSSR count). The molecule has 0 unspecified atom stereocenters. The van der Waals surface area contributed by atoms with Crippen molar-refractivity contribution in [3.8, 4) is 0 Å². The van der Waals surface area contributed by atoms with E-state index in [9.17, 15) is 24.3 Å². The van der Waals surface area contributed by atoms with Crippen LogP contribution in [-0.2, 0) is 9.59 Å². The van der Waals surface area contributed by atoms with Crippen LogP contribution >= 0.6 is 0 Å². The number of carboxylic acids is 1. The molecule has 140 valence electrons. The monoisotopic (exact) mass is 360 g/mol. The number of carbonyl (C=O) groups is 2. The van der Waals surface area contributed by atoms with Crippen LogP contribution in [0.5, 0.6) is 0 Å². The van der Waals surface area contributed by atoms with Crippen LogP contribution in [0.15, 0.2) is 33.9 Å². The van der Waals surface area contributed by atoms with Crippen LogP contribution in [0.1, 0.15) is 33.7 Å². The van der Waals surface area contributed by atoms with Gasteiger partial charge in [0.15, 0.2) is 0 Å². The van der Waals surface area contributed by atoms with Crippen LogP contribution in [0.3, 0.4) is 0 Å². The van der Waals surface area contributed by atoms with Crippen molar-refractivity contribution < 1.29 is 14.7 Å². The second-order valence-electron chi connectivity index (χ2n) is 6.89. The third-order valence-corrected chi connectivity index (χ3v) is 4.23. The van der Waals surface area contributed by atoms with Crippen molar-refractivity contribution >= 4 is 22.8 Å². The zero-order valence-corrected chi connectivity index (χ0v) is 15.1. The molecule has 0 saturated carbocycles. The molecule has 0 spiro atoms. The standard InChI is InChI=1S/C18H23N3O5/c1-9(2)13(17(24)25)20-15(22)14(10(3)4)21-16(23)11-7-5-6-8-12(11)19-18(21)26/h5-10,13-14H,1-4H3,(H,19,26)(H,20,22)(H,24,25)/p-1/t13-,14-/m0/s1. The van der Waals surface area contributed by atoms with Crippen molar-refractivity contribution in [2.45, 2.75) is 39.8 Å². The lowest BCUT2D eigenvalue weighted by Gasteiger charge is -2.28. The van der Waals surface area contributed by atoms with Gasteiger partial charge in [0.2, 0.25) is 5.91 Å². The van der Waals surface area contributed by atoms with E-state index < -0.39 is 47.0 Å². The van der Waals surface area contributed by atoms with Crippen LogP contribution in [-0.4, -0.2) is 27.5 Å². The van der Waals surface area contributed by atoms with Gasteiger partial charge in [0, 0.05) is 0 Å². The summed E-state index contributed by atoms with van der Waals surface area (Å²) in [7, 11) is 0. The topological polar surface area (TPSA) is 124 Å². The number of fused-ring (bicyclic) bond motifs is 1. The average Bonchev–Trinajstić information content (AvgIpc) is 2.55. The van der Waals surface area contributed by atoms with Crippen molar-refractivity contribution in [1.29, 1.82) is 0 Å². The number of hydrogen-bond acceptors (Lipinski definition) is 5. The molecule has 26 heavy (non-hydrogen) atoms. The number of amides is 1. The second kappa shape index (κ2) is 7.55. The molecule has 0 aliphatic carbocycles. The quantitative estimate of drug-likeness (QED) is 0.737. The Labute approximate surface area is 149 Å². The second-order valence-corrected chi connectivity index (χ2v) is 6.89. The maximum Gasteiger partial charge on any atom is 0.329 e. The van der Waals surface area contributed by atoms with E-state index in [-0.39, 0.29) is 5.39 Å². The minimum absolute atomic E-state index is 0.269. The minimum Gasteiger partial charge on any atom is -0.548 e. The van der Waals surface area contributed by atoms with E-state index >= 15 is 0 Å². The van der Waals surface area contributed by atoms with Gasteiger partial charge in [-0.05, 0) is 24.0 Å². The molecule has 1 amide bonds. The number of nitrogens with zero attached hydrogens (tertiary/aromatic N) is 1. The van der Waals surface area contributed by atoms with Crippen molar-refractivity contribution in [3.63, 3.8) is 0 Å². The Balaban J connectivity index is 2.56. The number of hydrogen-bond donors (Lipinski definition) is 2. The summed E-state index contributed by atoms with van der Waals surface area (Å²) in [6.45, 7) is 6.60. The molecule has 0 bridgehead atoms. The Hall–Kier alpha value is -2.90. The number of aromatic nitrogens is 2. The molecule has 1 heterocycles. The summed E-state index contributed by atoms with van der Waals surface area (Å²) in [5, 5.41) is 13.9. The fraction of sp³-hybridized carbons (Fsp3) is 0.444. The van der Waals surface area contributed by atoms with Crippen LogP contribution in [0.4, 0.5) is 0 Å². The molecular weight excluding hydrogens is 338 g/mol. The Morgan fingerprint density at radius 2 is 1.69 bits per heavy atom. The first-order valence-corrected chi connectivity index (χ1v) is 8.40. The van der Waals surface area contributed by atoms with Gasteiger partial charge in [0.25, 0.3) is 5.56 Å². The lowest BCUT2D eigenvalue weighted by atomic mass is 10.00. The number of nitrogens with one attached hydrogen (secondary N) is 2. The first kappa shape index (κ1) is 19.4. The van der Waals surface area contributed by atoms with Crippen molar-refractivity contribution in [2.24, 2.45) is 11.8 Å². The molecule has 2 aromatic rings. The minimum atomic E-state index is -1.42. The number of aliphatic carboxylic acids is 1. The number of carboxylic acid groups (broad SMARTS) is 1. The number of para-hydroxylation sites is 1. The number of benzene rings is 1. The Kier molecular flexibility index (Phi) is 5.64. The molecule has 0 aliphatic heterocycles. The smallest absolute Gasteiger partial charge is 0.329 e. The lowest BCUT2D eigenvalue weighted by molar-refractivity contribution is -0.309. The molecule has 0 fully saturated rings. The van der Waals surface area contributed by atoms with Gasteiger partial charge in [-0.3, -0.25) is 9.59 Å². The van der Waals surface area contributed by atoms with E-state index in [1.54, 1.807) is 52.0 Å². The Morgan fingerprint density at radius 1 is 1.08 bits per heavy atom. The molecule has 1 aromatic carbocycles. The largest absolute Gasteiger partial charge is 0.548 e. The molecule has 0 saturated heterocycles.